The number of piperidine rings is 1. The third-order valence-corrected chi connectivity index (χ3v) is 7.85. The fourth-order valence-corrected chi connectivity index (χ4v) is 6.17. The molecule has 160 valence electrons. The second kappa shape index (κ2) is 8.20. The predicted octanol–water partition coefficient (Wildman–Crippen LogP) is 3.41. The molecule has 0 amide bonds. The first-order valence-corrected chi connectivity index (χ1v) is 12.0. The molecule has 2 heterocycles. The largest absolute Gasteiger partial charge is 0.480 e. The van der Waals surface area contributed by atoms with Crippen LogP contribution >= 0.6 is 15.9 Å². The average Bonchev–Trinajstić information content (AvgIpc) is 2.71. The Hall–Kier alpha value is -2.10. The number of aliphatic carboxylic acids is 1. The number of hydrogen-bond donors (Lipinski definition) is 1. The smallest absolute Gasteiger partial charge is 0.329 e. The van der Waals surface area contributed by atoms with E-state index in [4.69, 9.17) is 9.84 Å². The summed E-state index contributed by atoms with van der Waals surface area (Å²) >= 11 is 3.47. The molecule has 1 fully saturated rings. The zero-order chi connectivity index (χ0) is 21.5. The molecule has 2 aliphatic rings. The molecule has 0 spiro atoms. The minimum Gasteiger partial charge on any atom is -0.480 e. The number of halogens is 1. The van der Waals surface area contributed by atoms with E-state index >= 15 is 0 Å². The summed E-state index contributed by atoms with van der Waals surface area (Å²) in [6.07, 6.45) is 1.06. The van der Waals surface area contributed by atoms with Crippen molar-refractivity contribution in [1.29, 1.82) is 0 Å². The fourth-order valence-electron chi connectivity index (χ4n) is 4.20. The highest BCUT2D eigenvalue weighted by Crippen LogP contribution is 2.42. The Bertz CT molecular complexity index is 1070. The van der Waals surface area contributed by atoms with Gasteiger partial charge in [-0.05, 0) is 55.7 Å². The highest BCUT2D eigenvalue weighted by atomic mass is 79.9. The summed E-state index contributed by atoms with van der Waals surface area (Å²) in [5.41, 5.74) is 2.39. The minimum absolute atomic E-state index is 0.0918. The maximum atomic E-state index is 13.6. The van der Waals surface area contributed by atoms with Crippen molar-refractivity contribution < 1.29 is 23.1 Å². The monoisotopic (exact) mass is 494 g/mol. The highest BCUT2D eigenvalue weighted by molar-refractivity contribution is 9.10. The van der Waals surface area contributed by atoms with Gasteiger partial charge in [0, 0.05) is 11.0 Å². The summed E-state index contributed by atoms with van der Waals surface area (Å²) in [6, 6.07) is 12.5. The third-order valence-electron chi connectivity index (χ3n) is 5.58. The van der Waals surface area contributed by atoms with Crippen LogP contribution in [0.4, 0.5) is 11.4 Å². The molecule has 7 nitrogen and oxygen atoms in total. The maximum absolute atomic E-state index is 13.6. The number of anilines is 2. The lowest BCUT2D eigenvalue weighted by molar-refractivity contribution is -0.144. The van der Waals surface area contributed by atoms with Gasteiger partial charge in [0.25, 0.3) is 10.0 Å². The van der Waals surface area contributed by atoms with Crippen LogP contribution in [0.2, 0.25) is 0 Å². The molecule has 0 aromatic heterocycles. The lowest BCUT2D eigenvalue weighted by atomic mass is 9.96. The number of benzene rings is 2. The van der Waals surface area contributed by atoms with Crippen LogP contribution in [-0.2, 0) is 19.6 Å². The van der Waals surface area contributed by atoms with E-state index in [1.165, 1.54) is 4.31 Å². The standard InChI is InChI=1S/C21H23BrN2O5S/c1-14-3-2-4-18(9-14)30(27,28)24-12-16-11-17(29-13-21(25)26)7-8-23(16)19-6-5-15(22)10-20(19)24/h2-6,9-10,16-17H,7-8,11-13H2,1H3,(H,25,26)/t16-,17?/m0/s1. The SMILES string of the molecule is Cc1cccc(S(=O)(=O)N2C[C@@H]3CC(OCC(=O)O)CCN3c3ccc(Br)cc32)c1. The van der Waals surface area contributed by atoms with Crippen molar-refractivity contribution >= 4 is 43.3 Å². The molecule has 30 heavy (non-hydrogen) atoms. The molecule has 2 aliphatic heterocycles. The van der Waals surface area contributed by atoms with Crippen LogP contribution in [0.15, 0.2) is 51.8 Å². The van der Waals surface area contributed by atoms with E-state index in [2.05, 4.69) is 20.8 Å². The second-order valence-corrected chi connectivity index (χ2v) is 10.5. The third kappa shape index (κ3) is 4.06. The Kier molecular flexibility index (Phi) is 5.78. The lowest BCUT2D eigenvalue weighted by Crippen LogP contribution is -2.55. The van der Waals surface area contributed by atoms with Crippen molar-refractivity contribution in [1.82, 2.24) is 0 Å². The molecule has 2 aromatic carbocycles. The molecule has 2 atom stereocenters. The molecule has 1 saturated heterocycles. The first-order valence-electron chi connectivity index (χ1n) is 9.74. The highest BCUT2D eigenvalue weighted by Gasteiger charge is 2.40. The number of hydrogen-bond acceptors (Lipinski definition) is 5. The maximum Gasteiger partial charge on any atom is 0.329 e. The summed E-state index contributed by atoms with van der Waals surface area (Å²) in [6.45, 7) is 2.49. The fraction of sp³-hybridized carbons (Fsp3) is 0.381. The van der Waals surface area contributed by atoms with E-state index in [0.717, 1.165) is 15.7 Å². The van der Waals surface area contributed by atoms with Crippen LogP contribution < -0.4 is 9.21 Å². The van der Waals surface area contributed by atoms with Crippen LogP contribution in [0.5, 0.6) is 0 Å². The van der Waals surface area contributed by atoms with Gasteiger partial charge >= 0.3 is 5.97 Å². The molecule has 1 unspecified atom stereocenters. The van der Waals surface area contributed by atoms with E-state index in [0.29, 0.717) is 25.1 Å². The summed E-state index contributed by atoms with van der Waals surface area (Å²) in [5, 5.41) is 8.90. The molecule has 0 radical (unpaired) electrons. The van der Waals surface area contributed by atoms with Crippen molar-refractivity contribution in [2.24, 2.45) is 0 Å². The van der Waals surface area contributed by atoms with Crippen LogP contribution in [0.1, 0.15) is 18.4 Å². The van der Waals surface area contributed by atoms with E-state index in [1.807, 2.05) is 31.2 Å². The van der Waals surface area contributed by atoms with Gasteiger partial charge < -0.3 is 14.7 Å². The van der Waals surface area contributed by atoms with Gasteiger partial charge in [-0.1, -0.05) is 28.1 Å². The first-order chi connectivity index (χ1) is 14.3. The lowest BCUT2D eigenvalue weighted by Gasteiger charge is -2.48. The normalized spacial score (nSPS) is 21.1. The van der Waals surface area contributed by atoms with Gasteiger partial charge in [-0.2, -0.15) is 0 Å². The van der Waals surface area contributed by atoms with E-state index in [9.17, 15) is 13.2 Å². The second-order valence-electron chi connectivity index (χ2n) is 7.68. The molecule has 0 aliphatic carbocycles. The van der Waals surface area contributed by atoms with Crippen molar-refractivity contribution in [2.75, 3.05) is 28.9 Å². The molecule has 4 rings (SSSR count). The van der Waals surface area contributed by atoms with Crippen molar-refractivity contribution in [3.63, 3.8) is 0 Å². The van der Waals surface area contributed by atoms with Gasteiger partial charge in [-0.3, -0.25) is 4.31 Å². The van der Waals surface area contributed by atoms with Crippen molar-refractivity contribution in [2.45, 2.75) is 36.8 Å². The number of nitrogens with zero attached hydrogens (tertiary/aromatic N) is 2. The van der Waals surface area contributed by atoms with E-state index < -0.39 is 16.0 Å². The summed E-state index contributed by atoms with van der Waals surface area (Å²) in [7, 11) is -3.76. The first kappa shape index (κ1) is 21.1. The average molecular weight is 495 g/mol. The number of carboxylic acids is 1. The van der Waals surface area contributed by atoms with Gasteiger partial charge in [0.1, 0.15) is 6.61 Å². The number of fused-ring (bicyclic) bond motifs is 3. The Balaban J connectivity index is 1.71. The van der Waals surface area contributed by atoms with Gasteiger partial charge in [0.15, 0.2) is 0 Å². The minimum atomic E-state index is -3.76. The molecule has 9 heteroatoms. The van der Waals surface area contributed by atoms with Crippen LogP contribution in [0, 0.1) is 6.92 Å². The molecular formula is C21H23BrN2O5S. The Morgan fingerprint density at radius 1 is 1.23 bits per heavy atom. The Morgan fingerprint density at radius 3 is 2.77 bits per heavy atom. The Morgan fingerprint density at radius 2 is 2.03 bits per heavy atom. The summed E-state index contributed by atoms with van der Waals surface area (Å²) < 4.78 is 34.9. The number of sulfonamides is 1. The van der Waals surface area contributed by atoms with Crippen molar-refractivity contribution in [3.8, 4) is 0 Å². The van der Waals surface area contributed by atoms with Gasteiger partial charge in [-0.15, -0.1) is 0 Å². The zero-order valence-corrected chi connectivity index (χ0v) is 18.9. The number of carboxylic acid groups (broad SMARTS) is 1. The zero-order valence-electron chi connectivity index (χ0n) is 16.5. The van der Waals surface area contributed by atoms with E-state index in [-0.39, 0.29) is 30.2 Å². The molecule has 0 bridgehead atoms. The topological polar surface area (TPSA) is 87.1 Å². The molecule has 0 saturated carbocycles. The summed E-state index contributed by atoms with van der Waals surface area (Å²) in [4.78, 5) is 13.3. The summed E-state index contributed by atoms with van der Waals surface area (Å²) in [5.74, 6) is -1.00. The predicted molar refractivity (Wildman–Crippen MR) is 118 cm³/mol. The number of carbonyl (C=O) groups is 1. The quantitative estimate of drug-likeness (QED) is 0.685. The van der Waals surface area contributed by atoms with Crippen LogP contribution in [0.25, 0.3) is 0 Å². The number of aryl methyl sites for hydroxylation is 1. The number of ether oxygens (including phenoxy) is 1. The molecule has 2 aromatic rings. The van der Waals surface area contributed by atoms with Gasteiger partial charge in [-0.25, -0.2) is 13.2 Å². The molecule has 1 N–H and O–H groups in total. The Labute approximate surface area is 184 Å². The van der Waals surface area contributed by atoms with Crippen molar-refractivity contribution in [3.05, 3.63) is 52.5 Å². The van der Waals surface area contributed by atoms with E-state index in [1.54, 1.807) is 18.2 Å². The van der Waals surface area contributed by atoms with Crippen LogP contribution in [-0.4, -0.2) is 51.3 Å². The molecular weight excluding hydrogens is 472 g/mol. The van der Waals surface area contributed by atoms with Gasteiger partial charge in [0.05, 0.1) is 35.0 Å². The number of rotatable bonds is 5. The van der Waals surface area contributed by atoms with Gasteiger partial charge in [0.2, 0.25) is 0 Å². The van der Waals surface area contributed by atoms with Crippen LogP contribution in [0.3, 0.4) is 0 Å².